The molecule has 0 N–H and O–H groups in total. The van der Waals surface area contributed by atoms with E-state index in [2.05, 4.69) is 0 Å². The SMILES string of the molecule is CC(Cl)[Si](F)(F)F. The highest BCUT2D eigenvalue weighted by molar-refractivity contribution is 6.69. The summed E-state index contributed by atoms with van der Waals surface area (Å²) in [6.07, 6.45) is 0. The zero-order valence-corrected chi connectivity index (χ0v) is 5.35. The van der Waals surface area contributed by atoms with Crippen molar-refractivity contribution < 1.29 is 12.3 Å². The standard InChI is InChI=1S/C2H4ClF3Si/c1-2(3)7(4,5)6/h2H,1H3. The smallest absolute Gasteiger partial charge is 0.237 e. The largest absolute Gasteiger partial charge is 0.634 e. The first kappa shape index (κ1) is 7.30. The van der Waals surface area contributed by atoms with Crippen molar-refractivity contribution in [1.29, 1.82) is 0 Å². The molecule has 0 heterocycles. The third-order valence-corrected chi connectivity index (χ3v) is 2.10. The van der Waals surface area contributed by atoms with E-state index in [0.717, 1.165) is 6.92 Å². The summed E-state index contributed by atoms with van der Waals surface area (Å²) in [5, 5.41) is -1.59. The molecule has 44 valence electrons. The first-order valence-corrected chi connectivity index (χ1v) is 3.80. The van der Waals surface area contributed by atoms with Crippen LogP contribution in [0, 0.1) is 0 Å². The molecule has 0 aliphatic rings. The van der Waals surface area contributed by atoms with E-state index < -0.39 is 14.1 Å². The molecule has 7 heavy (non-hydrogen) atoms. The average Bonchev–Trinajstić information content (AvgIpc) is 1.31. The van der Waals surface area contributed by atoms with Gasteiger partial charge in [-0.2, -0.15) is 0 Å². The number of hydrogen-bond acceptors (Lipinski definition) is 0. The summed E-state index contributed by atoms with van der Waals surface area (Å²) in [4.78, 5) is 0. The monoisotopic (exact) mass is 148 g/mol. The van der Waals surface area contributed by atoms with Crippen molar-refractivity contribution in [2.24, 2.45) is 0 Å². The van der Waals surface area contributed by atoms with Gasteiger partial charge in [-0.05, 0) is 6.92 Å². The lowest BCUT2D eigenvalue weighted by Gasteiger charge is -2.00. The van der Waals surface area contributed by atoms with Gasteiger partial charge in [0.15, 0.2) is 0 Å². The van der Waals surface area contributed by atoms with Gasteiger partial charge in [-0.15, -0.1) is 11.6 Å². The minimum Gasteiger partial charge on any atom is -0.237 e. The fourth-order valence-electron chi connectivity index (χ4n) is 0. The van der Waals surface area contributed by atoms with Crippen molar-refractivity contribution in [2.45, 2.75) is 11.9 Å². The Kier molecular flexibility index (Phi) is 2.13. The Morgan fingerprint density at radius 3 is 1.57 bits per heavy atom. The quantitative estimate of drug-likeness (QED) is 0.303. The number of halogens is 4. The topological polar surface area (TPSA) is 0 Å². The third-order valence-electron chi connectivity index (χ3n) is 0.451. The summed E-state index contributed by atoms with van der Waals surface area (Å²) in [6, 6.07) is 0. The molecule has 0 nitrogen and oxygen atoms in total. The van der Waals surface area contributed by atoms with Crippen LogP contribution in [-0.2, 0) is 0 Å². The van der Waals surface area contributed by atoms with E-state index in [1.807, 2.05) is 0 Å². The molecule has 0 spiro atoms. The van der Waals surface area contributed by atoms with E-state index >= 15 is 0 Å². The van der Waals surface area contributed by atoms with E-state index in [-0.39, 0.29) is 0 Å². The van der Waals surface area contributed by atoms with Gasteiger partial charge in [0.2, 0.25) is 0 Å². The summed E-state index contributed by atoms with van der Waals surface area (Å²) in [6.45, 7) is 0.952. The molecule has 0 amide bonds. The first-order chi connectivity index (χ1) is 2.94. The summed E-state index contributed by atoms with van der Waals surface area (Å²) in [5.74, 6) is 0. The lowest BCUT2D eigenvalue weighted by molar-refractivity contribution is 0.466. The van der Waals surface area contributed by atoms with Crippen molar-refractivity contribution in [3.8, 4) is 0 Å². The summed E-state index contributed by atoms with van der Waals surface area (Å²) in [5.41, 5.74) is 0. The van der Waals surface area contributed by atoms with Crippen molar-refractivity contribution in [3.05, 3.63) is 0 Å². The van der Waals surface area contributed by atoms with Crippen molar-refractivity contribution >= 4 is 20.7 Å². The van der Waals surface area contributed by atoms with Gasteiger partial charge in [-0.3, -0.25) is 0 Å². The van der Waals surface area contributed by atoms with Gasteiger partial charge in [0.25, 0.3) is 0 Å². The molecule has 0 saturated heterocycles. The zero-order chi connectivity index (χ0) is 6.08. The Balaban J connectivity index is 3.54. The van der Waals surface area contributed by atoms with Crippen molar-refractivity contribution in [3.63, 3.8) is 0 Å². The molecule has 1 atom stereocenters. The fourth-order valence-corrected chi connectivity index (χ4v) is 0. The highest BCUT2D eigenvalue weighted by Crippen LogP contribution is 2.17. The minimum absolute atomic E-state index is 0.952. The van der Waals surface area contributed by atoms with Gasteiger partial charge < -0.3 is 0 Å². The normalized spacial score (nSPS) is 16.7. The van der Waals surface area contributed by atoms with Crippen LogP contribution in [0.3, 0.4) is 0 Å². The Hall–Kier alpha value is 0.297. The lowest BCUT2D eigenvalue weighted by atomic mass is 11.0. The van der Waals surface area contributed by atoms with Gasteiger partial charge in [-0.25, -0.2) is 12.3 Å². The van der Waals surface area contributed by atoms with Crippen molar-refractivity contribution in [1.82, 2.24) is 0 Å². The molecule has 0 aliphatic heterocycles. The molecule has 0 aliphatic carbocycles. The molecule has 0 aromatic heterocycles. The Labute approximate surface area is 45.8 Å². The number of hydrogen-bond donors (Lipinski definition) is 0. The fraction of sp³-hybridized carbons (Fsp3) is 1.00. The van der Waals surface area contributed by atoms with E-state index in [4.69, 9.17) is 11.6 Å². The van der Waals surface area contributed by atoms with Crippen molar-refractivity contribution in [2.75, 3.05) is 0 Å². The molecule has 0 rings (SSSR count). The van der Waals surface area contributed by atoms with Gasteiger partial charge in [0, 0.05) is 0 Å². The summed E-state index contributed by atoms with van der Waals surface area (Å²) < 4.78 is 33.6. The molecular formula is C2H4ClF3Si. The molecule has 0 radical (unpaired) electrons. The van der Waals surface area contributed by atoms with Crippen LogP contribution in [0.15, 0.2) is 0 Å². The average molecular weight is 149 g/mol. The molecule has 0 aromatic rings. The van der Waals surface area contributed by atoms with Crippen LogP contribution in [0.2, 0.25) is 0 Å². The molecular weight excluding hydrogens is 145 g/mol. The van der Waals surface area contributed by atoms with Crippen LogP contribution < -0.4 is 0 Å². The molecule has 0 bridgehead atoms. The van der Waals surface area contributed by atoms with Crippen LogP contribution in [0.4, 0.5) is 12.3 Å². The Morgan fingerprint density at radius 2 is 1.57 bits per heavy atom. The molecule has 0 fully saturated rings. The number of rotatable bonds is 1. The lowest BCUT2D eigenvalue weighted by Crippen LogP contribution is -2.26. The second-order valence-corrected chi connectivity index (χ2v) is 4.13. The van der Waals surface area contributed by atoms with Crippen LogP contribution in [0.25, 0.3) is 0 Å². The van der Waals surface area contributed by atoms with E-state index in [1.54, 1.807) is 0 Å². The second kappa shape index (κ2) is 2.04. The molecule has 0 aromatic carbocycles. The van der Waals surface area contributed by atoms with E-state index in [0.29, 0.717) is 0 Å². The van der Waals surface area contributed by atoms with Crippen LogP contribution in [0.5, 0.6) is 0 Å². The zero-order valence-electron chi connectivity index (χ0n) is 3.59. The maximum atomic E-state index is 11.2. The molecule has 5 heteroatoms. The summed E-state index contributed by atoms with van der Waals surface area (Å²) >= 11 is 4.69. The third kappa shape index (κ3) is 2.93. The van der Waals surface area contributed by atoms with E-state index in [9.17, 15) is 12.3 Å². The van der Waals surface area contributed by atoms with Gasteiger partial charge >= 0.3 is 9.08 Å². The first-order valence-electron chi connectivity index (χ1n) is 1.65. The highest BCUT2D eigenvalue weighted by Gasteiger charge is 2.43. The Bertz CT molecular complexity index is 58.4. The molecule has 0 saturated carbocycles. The van der Waals surface area contributed by atoms with Crippen LogP contribution in [0.1, 0.15) is 6.92 Å². The van der Waals surface area contributed by atoms with Gasteiger partial charge in [0.1, 0.15) is 5.00 Å². The van der Waals surface area contributed by atoms with E-state index in [1.165, 1.54) is 0 Å². The summed E-state index contributed by atoms with van der Waals surface area (Å²) in [7, 11) is -5.47. The van der Waals surface area contributed by atoms with Crippen LogP contribution in [-0.4, -0.2) is 14.1 Å². The second-order valence-electron chi connectivity index (χ2n) is 1.16. The number of alkyl halides is 1. The minimum atomic E-state index is -5.47. The maximum absolute atomic E-state index is 11.2. The maximum Gasteiger partial charge on any atom is 0.634 e. The van der Waals surface area contributed by atoms with Crippen LogP contribution >= 0.6 is 11.6 Å². The highest BCUT2D eigenvalue weighted by atomic mass is 35.5. The van der Waals surface area contributed by atoms with Gasteiger partial charge in [-0.1, -0.05) is 0 Å². The van der Waals surface area contributed by atoms with Gasteiger partial charge in [0.05, 0.1) is 0 Å². The predicted molar refractivity (Wildman–Crippen MR) is 24.4 cm³/mol. The molecule has 1 unspecified atom stereocenters. The predicted octanol–water partition coefficient (Wildman–Crippen LogP) is 2.00. The Morgan fingerprint density at radius 1 is 1.43 bits per heavy atom.